The van der Waals surface area contributed by atoms with Gasteiger partial charge in [-0.1, -0.05) is 6.92 Å². The van der Waals surface area contributed by atoms with Crippen molar-refractivity contribution in [2.45, 2.75) is 38.1 Å². The molecule has 1 heterocycles. The van der Waals surface area contributed by atoms with Crippen LogP contribution >= 0.6 is 0 Å². The van der Waals surface area contributed by atoms with Crippen LogP contribution in [0, 0.1) is 0 Å². The van der Waals surface area contributed by atoms with E-state index in [4.69, 9.17) is 0 Å². The van der Waals surface area contributed by atoms with E-state index in [2.05, 4.69) is 20.0 Å². The highest BCUT2D eigenvalue weighted by Crippen LogP contribution is 2.08. The number of hydrogen-bond acceptors (Lipinski definition) is 5. The smallest absolute Gasteiger partial charge is 0.243 e. The first kappa shape index (κ1) is 13.9. The molecule has 0 aliphatic heterocycles. The highest BCUT2D eigenvalue weighted by atomic mass is 32.2. The number of aromatic nitrogens is 2. The Morgan fingerprint density at radius 2 is 1.88 bits per heavy atom. The van der Waals surface area contributed by atoms with Gasteiger partial charge in [-0.05, 0) is 20.3 Å². The molecule has 7 heteroatoms. The average molecular weight is 258 g/mol. The zero-order chi connectivity index (χ0) is 12.9. The molecule has 0 bridgehead atoms. The summed E-state index contributed by atoms with van der Waals surface area (Å²) in [5.74, 6) is 0.426. The van der Waals surface area contributed by atoms with E-state index in [1.54, 1.807) is 0 Å². The van der Waals surface area contributed by atoms with Crippen LogP contribution in [0.25, 0.3) is 0 Å². The van der Waals surface area contributed by atoms with E-state index in [1.165, 1.54) is 12.4 Å². The van der Waals surface area contributed by atoms with Crippen molar-refractivity contribution in [2.24, 2.45) is 0 Å². The van der Waals surface area contributed by atoms with Crippen LogP contribution in [0.2, 0.25) is 0 Å². The fourth-order valence-electron chi connectivity index (χ4n) is 1.12. The van der Waals surface area contributed by atoms with E-state index >= 15 is 0 Å². The fraction of sp³-hybridized carbons (Fsp3) is 0.600. The van der Waals surface area contributed by atoms with E-state index in [0.717, 1.165) is 6.42 Å². The Morgan fingerprint density at radius 1 is 1.29 bits per heavy atom. The first-order valence-corrected chi connectivity index (χ1v) is 7.06. The molecular formula is C10H18N4O2S. The van der Waals surface area contributed by atoms with E-state index in [9.17, 15) is 8.42 Å². The van der Waals surface area contributed by atoms with Gasteiger partial charge < -0.3 is 5.32 Å². The molecule has 1 atom stereocenters. The van der Waals surface area contributed by atoms with Gasteiger partial charge in [0.25, 0.3) is 0 Å². The molecule has 6 nitrogen and oxygen atoms in total. The summed E-state index contributed by atoms with van der Waals surface area (Å²) in [7, 11) is -3.51. The van der Waals surface area contributed by atoms with Gasteiger partial charge in [-0.25, -0.2) is 23.1 Å². The quantitative estimate of drug-likeness (QED) is 0.794. The molecule has 0 saturated carbocycles. The Hall–Kier alpha value is -1.21. The number of nitrogens with zero attached hydrogens (tertiary/aromatic N) is 2. The standard InChI is InChI=1S/C10H18N4O2S/c1-4-8(3)14-17(15,16)9-6-12-10(11-5-2)13-7-9/h6-8,14H,4-5H2,1-3H3,(H,11,12,13). The molecule has 0 saturated heterocycles. The van der Waals surface area contributed by atoms with Crippen LogP contribution in [0.4, 0.5) is 5.95 Å². The van der Waals surface area contributed by atoms with Crippen LogP contribution in [0.1, 0.15) is 27.2 Å². The van der Waals surface area contributed by atoms with Crippen molar-refractivity contribution in [1.29, 1.82) is 0 Å². The van der Waals surface area contributed by atoms with Gasteiger partial charge in [-0.15, -0.1) is 0 Å². The minimum Gasteiger partial charge on any atom is -0.355 e. The number of hydrogen-bond donors (Lipinski definition) is 2. The van der Waals surface area contributed by atoms with Gasteiger partial charge in [0.15, 0.2) is 0 Å². The van der Waals surface area contributed by atoms with Gasteiger partial charge in [-0.3, -0.25) is 0 Å². The summed E-state index contributed by atoms with van der Waals surface area (Å²) in [6, 6.07) is -0.103. The summed E-state index contributed by atoms with van der Waals surface area (Å²) in [5.41, 5.74) is 0. The topological polar surface area (TPSA) is 84.0 Å². The zero-order valence-corrected chi connectivity index (χ0v) is 11.1. The van der Waals surface area contributed by atoms with Crippen LogP contribution in [-0.2, 0) is 10.0 Å². The average Bonchev–Trinajstić information content (AvgIpc) is 2.29. The second kappa shape index (κ2) is 5.92. The third-order valence-electron chi connectivity index (χ3n) is 2.24. The summed E-state index contributed by atoms with van der Waals surface area (Å²) in [6.07, 6.45) is 3.33. The van der Waals surface area contributed by atoms with Crippen molar-refractivity contribution in [2.75, 3.05) is 11.9 Å². The molecule has 17 heavy (non-hydrogen) atoms. The van der Waals surface area contributed by atoms with E-state index in [-0.39, 0.29) is 10.9 Å². The maximum atomic E-state index is 11.9. The summed E-state index contributed by atoms with van der Waals surface area (Å²) in [6.45, 7) is 6.33. The lowest BCUT2D eigenvalue weighted by Gasteiger charge is -2.11. The first-order valence-electron chi connectivity index (χ1n) is 5.57. The molecule has 0 amide bonds. The van der Waals surface area contributed by atoms with Gasteiger partial charge in [-0.2, -0.15) is 0 Å². The Morgan fingerprint density at radius 3 is 2.35 bits per heavy atom. The lowest BCUT2D eigenvalue weighted by atomic mass is 10.3. The van der Waals surface area contributed by atoms with Gasteiger partial charge >= 0.3 is 0 Å². The lowest BCUT2D eigenvalue weighted by Crippen LogP contribution is -2.32. The molecule has 1 aromatic rings. The minimum absolute atomic E-state index is 0.0828. The largest absolute Gasteiger partial charge is 0.355 e. The second-order valence-corrected chi connectivity index (χ2v) is 5.42. The predicted molar refractivity (Wildman–Crippen MR) is 66.3 cm³/mol. The number of anilines is 1. The molecule has 0 fully saturated rings. The lowest BCUT2D eigenvalue weighted by molar-refractivity contribution is 0.555. The molecule has 0 aliphatic rings. The number of rotatable bonds is 6. The molecule has 2 N–H and O–H groups in total. The van der Waals surface area contributed by atoms with Crippen molar-refractivity contribution in [3.05, 3.63) is 12.4 Å². The summed E-state index contributed by atoms with van der Waals surface area (Å²) < 4.78 is 26.3. The summed E-state index contributed by atoms with van der Waals surface area (Å²) >= 11 is 0. The molecule has 0 aliphatic carbocycles. The van der Waals surface area contributed by atoms with E-state index in [1.807, 2.05) is 20.8 Å². The highest BCUT2D eigenvalue weighted by molar-refractivity contribution is 7.89. The Labute approximate surface area is 102 Å². The molecule has 1 aromatic heterocycles. The van der Waals surface area contributed by atoms with Crippen LogP contribution in [0.3, 0.4) is 0 Å². The van der Waals surface area contributed by atoms with E-state index < -0.39 is 10.0 Å². The monoisotopic (exact) mass is 258 g/mol. The Balaban J connectivity index is 2.85. The molecule has 1 rings (SSSR count). The van der Waals surface area contributed by atoms with Crippen molar-refractivity contribution in [1.82, 2.24) is 14.7 Å². The van der Waals surface area contributed by atoms with Crippen molar-refractivity contribution in [3.8, 4) is 0 Å². The maximum Gasteiger partial charge on any atom is 0.243 e. The molecule has 1 unspecified atom stereocenters. The third kappa shape index (κ3) is 3.94. The summed E-state index contributed by atoms with van der Waals surface area (Å²) in [4.78, 5) is 7.94. The second-order valence-electron chi connectivity index (χ2n) is 3.70. The number of nitrogens with one attached hydrogen (secondary N) is 2. The van der Waals surface area contributed by atoms with Crippen LogP contribution in [0.5, 0.6) is 0 Å². The van der Waals surface area contributed by atoms with Crippen molar-refractivity contribution in [3.63, 3.8) is 0 Å². The van der Waals surface area contributed by atoms with Crippen LogP contribution in [0.15, 0.2) is 17.3 Å². The van der Waals surface area contributed by atoms with Crippen LogP contribution in [-0.4, -0.2) is 31.0 Å². The molecule has 0 radical (unpaired) electrons. The summed E-state index contributed by atoms with van der Waals surface area (Å²) in [5, 5.41) is 2.90. The van der Waals surface area contributed by atoms with Crippen molar-refractivity contribution < 1.29 is 8.42 Å². The van der Waals surface area contributed by atoms with Gasteiger partial charge in [0.1, 0.15) is 4.90 Å². The minimum atomic E-state index is -3.51. The SMILES string of the molecule is CCNc1ncc(S(=O)(=O)NC(C)CC)cn1. The predicted octanol–water partition coefficient (Wildman–Crippen LogP) is 0.985. The molecule has 0 spiro atoms. The maximum absolute atomic E-state index is 11.9. The van der Waals surface area contributed by atoms with E-state index in [0.29, 0.717) is 12.5 Å². The van der Waals surface area contributed by atoms with Crippen LogP contribution < -0.4 is 10.0 Å². The molecule has 0 aromatic carbocycles. The van der Waals surface area contributed by atoms with Gasteiger partial charge in [0.05, 0.1) is 12.4 Å². The first-order chi connectivity index (χ1) is 7.99. The Kier molecular flexibility index (Phi) is 4.83. The highest BCUT2D eigenvalue weighted by Gasteiger charge is 2.17. The normalized spacial score (nSPS) is 13.4. The van der Waals surface area contributed by atoms with Crippen molar-refractivity contribution >= 4 is 16.0 Å². The fourth-order valence-corrected chi connectivity index (χ4v) is 2.34. The van der Waals surface area contributed by atoms with Gasteiger partial charge in [0.2, 0.25) is 16.0 Å². The van der Waals surface area contributed by atoms with Gasteiger partial charge in [0, 0.05) is 12.6 Å². The molecule has 96 valence electrons. The third-order valence-corrected chi connectivity index (χ3v) is 3.79. The molecular weight excluding hydrogens is 240 g/mol. The Bertz CT molecular complexity index is 444. The zero-order valence-electron chi connectivity index (χ0n) is 10.3. The number of sulfonamides is 1.